The van der Waals surface area contributed by atoms with Gasteiger partial charge in [-0.25, -0.2) is 0 Å². The van der Waals surface area contributed by atoms with Crippen molar-refractivity contribution in [2.24, 2.45) is 0 Å². The van der Waals surface area contributed by atoms with Crippen LogP contribution in [0.3, 0.4) is 0 Å². The van der Waals surface area contributed by atoms with E-state index in [0.717, 1.165) is 25.1 Å². The lowest BCUT2D eigenvalue weighted by molar-refractivity contribution is -0.385. The monoisotopic (exact) mass is 382 g/mol. The van der Waals surface area contributed by atoms with Crippen molar-refractivity contribution < 1.29 is 4.92 Å². The number of hydrogen-bond acceptors (Lipinski definition) is 3. The summed E-state index contributed by atoms with van der Waals surface area (Å²) in [6.07, 6.45) is 2.05. The molecule has 0 aliphatic carbocycles. The Labute approximate surface area is 131 Å². The summed E-state index contributed by atoms with van der Waals surface area (Å²) in [5, 5.41) is 14.0. The Kier molecular flexibility index (Phi) is 5.34. The summed E-state index contributed by atoms with van der Waals surface area (Å²) in [7, 11) is 0. The van der Waals surface area contributed by atoms with Gasteiger partial charge in [0.2, 0.25) is 0 Å². The predicted molar refractivity (Wildman–Crippen MR) is 89.1 cm³/mol. The Bertz CT molecular complexity index is 588. The zero-order chi connectivity index (χ0) is 14.4. The molecular weight excluding hydrogens is 367 g/mol. The van der Waals surface area contributed by atoms with Crippen molar-refractivity contribution in [3.05, 3.63) is 67.8 Å². The van der Waals surface area contributed by atoms with E-state index < -0.39 is 0 Å². The van der Waals surface area contributed by atoms with Crippen LogP contribution in [-0.4, -0.2) is 11.5 Å². The lowest BCUT2D eigenvalue weighted by Gasteiger charge is -2.07. The van der Waals surface area contributed by atoms with Gasteiger partial charge in [-0.2, -0.15) is 0 Å². The highest BCUT2D eigenvalue weighted by molar-refractivity contribution is 14.1. The van der Waals surface area contributed by atoms with Crippen molar-refractivity contribution in [1.29, 1.82) is 0 Å². The van der Waals surface area contributed by atoms with Crippen LogP contribution in [0.4, 0.5) is 11.4 Å². The number of anilines is 1. The van der Waals surface area contributed by atoms with E-state index >= 15 is 0 Å². The maximum atomic E-state index is 10.7. The molecule has 0 saturated carbocycles. The smallest absolute Gasteiger partial charge is 0.282 e. The molecule has 0 aliphatic heterocycles. The van der Waals surface area contributed by atoms with Crippen LogP contribution >= 0.6 is 22.6 Å². The molecule has 5 heteroatoms. The molecule has 20 heavy (non-hydrogen) atoms. The van der Waals surface area contributed by atoms with E-state index in [0.29, 0.717) is 3.57 Å². The molecule has 104 valence electrons. The molecule has 2 rings (SSSR count). The summed E-state index contributed by atoms with van der Waals surface area (Å²) in [6, 6.07) is 15.4. The Morgan fingerprint density at radius 2 is 1.90 bits per heavy atom. The van der Waals surface area contributed by atoms with E-state index in [2.05, 4.69) is 17.4 Å². The summed E-state index contributed by atoms with van der Waals surface area (Å²) >= 11 is 1.99. The lowest BCUT2D eigenvalue weighted by atomic mass is 10.1. The first-order chi connectivity index (χ1) is 9.66. The summed E-state index contributed by atoms with van der Waals surface area (Å²) in [5.74, 6) is 0. The fourth-order valence-corrected chi connectivity index (χ4v) is 2.65. The number of aryl methyl sites for hydroxylation is 1. The fourth-order valence-electron chi connectivity index (χ4n) is 1.93. The van der Waals surface area contributed by atoms with Gasteiger partial charge in [0, 0.05) is 18.3 Å². The number of hydrogen-bond donors (Lipinski definition) is 1. The van der Waals surface area contributed by atoms with Crippen LogP contribution in [0.25, 0.3) is 0 Å². The SMILES string of the molecule is O=[N+]([O-])c1ccc(NCCCc2ccccc2)cc1I. The molecule has 2 aromatic rings. The summed E-state index contributed by atoms with van der Waals surface area (Å²) in [4.78, 5) is 10.4. The predicted octanol–water partition coefficient (Wildman–Crippen LogP) is 4.24. The van der Waals surface area contributed by atoms with Crippen LogP contribution in [0.5, 0.6) is 0 Å². The zero-order valence-corrected chi connectivity index (χ0v) is 13.0. The van der Waals surface area contributed by atoms with Gasteiger partial charge in [-0.3, -0.25) is 10.1 Å². The van der Waals surface area contributed by atoms with Crippen molar-refractivity contribution in [2.75, 3.05) is 11.9 Å². The molecule has 0 unspecified atom stereocenters. The van der Waals surface area contributed by atoms with Gasteiger partial charge in [0.1, 0.15) is 0 Å². The second-order valence-electron chi connectivity index (χ2n) is 4.44. The quantitative estimate of drug-likeness (QED) is 0.352. The van der Waals surface area contributed by atoms with Crippen LogP contribution in [0.1, 0.15) is 12.0 Å². The molecule has 0 radical (unpaired) electrons. The Morgan fingerprint density at radius 1 is 1.15 bits per heavy atom. The highest BCUT2D eigenvalue weighted by atomic mass is 127. The van der Waals surface area contributed by atoms with Crippen molar-refractivity contribution in [3.8, 4) is 0 Å². The first-order valence-electron chi connectivity index (χ1n) is 6.38. The van der Waals surface area contributed by atoms with Crippen LogP contribution in [0, 0.1) is 13.7 Å². The standard InChI is InChI=1S/C15H15IN2O2/c16-14-11-13(8-9-15(14)18(19)20)17-10-4-7-12-5-2-1-3-6-12/h1-3,5-6,8-9,11,17H,4,7,10H2. The highest BCUT2D eigenvalue weighted by Gasteiger charge is 2.11. The number of nitro benzene ring substituents is 1. The number of halogens is 1. The molecule has 4 nitrogen and oxygen atoms in total. The van der Waals surface area contributed by atoms with Gasteiger partial charge in [0.05, 0.1) is 8.49 Å². The molecule has 1 N–H and O–H groups in total. The number of rotatable bonds is 6. The molecular formula is C15H15IN2O2. The minimum absolute atomic E-state index is 0.153. The van der Waals surface area contributed by atoms with E-state index in [4.69, 9.17) is 0 Å². The Hall–Kier alpha value is -1.63. The molecule has 0 atom stereocenters. The fraction of sp³-hybridized carbons (Fsp3) is 0.200. The van der Waals surface area contributed by atoms with E-state index in [9.17, 15) is 10.1 Å². The normalized spacial score (nSPS) is 10.2. The van der Waals surface area contributed by atoms with Gasteiger partial charge in [-0.05, 0) is 53.1 Å². The van der Waals surface area contributed by atoms with Gasteiger partial charge in [0.15, 0.2) is 0 Å². The first-order valence-corrected chi connectivity index (χ1v) is 7.46. The summed E-state index contributed by atoms with van der Waals surface area (Å²) in [6.45, 7) is 0.850. The third kappa shape index (κ3) is 4.19. The molecule has 0 amide bonds. The topological polar surface area (TPSA) is 55.2 Å². The maximum absolute atomic E-state index is 10.7. The van der Waals surface area contributed by atoms with Gasteiger partial charge >= 0.3 is 0 Å². The molecule has 0 saturated heterocycles. The molecule has 0 aromatic heterocycles. The number of benzene rings is 2. The van der Waals surface area contributed by atoms with Crippen molar-refractivity contribution in [2.45, 2.75) is 12.8 Å². The van der Waals surface area contributed by atoms with Gasteiger partial charge in [-0.15, -0.1) is 0 Å². The van der Waals surface area contributed by atoms with Crippen molar-refractivity contribution in [3.63, 3.8) is 0 Å². The first kappa shape index (κ1) is 14.8. The van der Waals surface area contributed by atoms with E-state index in [1.54, 1.807) is 18.2 Å². The lowest BCUT2D eigenvalue weighted by Crippen LogP contribution is -2.03. The largest absolute Gasteiger partial charge is 0.385 e. The molecule has 0 fully saturated rings. The highest BCUT2D eigenvalue weighted by Crippen LogP contribution is 2.24. The molecule has 0 bridgehead atoms. The van der Waals surface area contributed by atoms with Gasteiger partial charge in [0.25, 0.3) is 5.69 Å². The van der Waals surface area contributed by atoms with Gasteiger partial charge < -0.3 is 5.32 Å². The Morgan fingerprint density at radius 3 is 2.55 bits per heavy atom. The Balaban J connectivity index is 1.83. The zero-order valence-electron chi connectivity index (χ0n) is 10.9. The maximum Gasteiger partial charge on any atom is 0.282 e. The average molecular weight is 382 g/mol. The minimum atomic E-state index is -0.360. The second-order valence-corrected chi connectivity index (χ2v) is 5.60. The third-order valence-electron chi connectivity index (χ3n) is 2.96. The van der Waals surface area contributed by atoms with E-state index in [-0.39, 0.29) is 10.6 Å². The van der Waals surface area contributed by atoms with Crippen molar-refractivity contribution in [1.82, 2.24) is 0 Å². The van der Waals surface area contributed by atoms with Crippen molar-refractivity contribution >= 4 is 34.0 Å². The van der Waals surface area contributed by atoms with E-state index in [1.165, 1.54) is 5.56 Å². The minimum Gasteiger partial charge on any atom is -0.385 e. The summed E-state index contributed by atoms with van der Waals surface area (Å²) < 4.78 is 0.653. The van der Waals surface area contributed by atoms with Crippen LogP contribution < -0.4 is 5.32 Å². The van der Waals surface area contributed by atoms with Gasteiger partial charge in [-0.1, -0.05) is 30.3 Å². The number of nitrogens with one attached hydrogen (secondary N) is 1. The average Bonchev–Trinajstić information content (AvgIpc) is 2.44. The number of nitro groups is 1. The van der Waals surface area contributed by atoms with Crippen LogP contribution in [0.15, 0.2) is 48.5 Å². The second kappa shape index (κ2) is 7.23. The van der Waals surface area contributed by atoms with E-state index in [1.807, 2.05) is 40.8 Å². The molecule has 0 aliphatic rings. The summed E-state index contributed by atoms with van der Waals surface area (Å²) in [5.41, 5.74) is 2.40. The van der Waals surface area contributed by atoms with Crippen LogP contribution in [-0.2, 0) is 6.42 Å². The third-order valence-corrected chi connectivity index (χ3v) is 3.82. The molecule has 2 aromatic carbocycles. The molecule has 0 spiro atoms. The van der Waals surface area contributed by atoms with Crippen LogP contribution in [0.2, 0.25) is 0 Å². The molecule has 0 heterocycles. The number of nitrogens with zero attached hydrogens (tertiary/aromatic N) is 1.